The molecule has 2 amide bonds. The Hall–Kier alpha value is -1.90. The fourth-order valence-corrected chi connectivity index (χ4v) is 3.48. The SMILES string of the molecule is Cn1c(CNC(=O)C2CCCN(C(=O)c3ccc(Cl)c(Cl)c3)C2)n[nH]c1=S. The molecule has 1 aliphatic rings. The minimum absolute atomic E-state index is 0.101. The zero-order chi connectivity index (χ0) is 19.6. The summed E-state index contributed by atoms with van der Waals surface area (Å²) in [5.74, 6) is 0.127. The molecule has 1 unspecified atom stereocenters. The van der Waals surface area contributed by atoms with Crippen LogP contribution in [0.1, 0.15) is 29.0 Å². The van der Waals surface area contributed by atoms with E-state index in [9.17, 15) is 9.59 Å². The van der Waals surface area contributed by atoms with Gasteiger partial charge in [-0.1, -0.05) is 23.2 Å². The maximum Gasteiger partial charge on any atom is 0.253 e. The molecule has 1 aromatic carbocycles. The second-order valence-electron chi connectivity index (χ2n) is 6.44. The first-order valence-corrected chi connectivity index (χ1v) is 9.65. The second-order valence-corrected chi connectivity index (χ2v) is 7.64. The molecule has 2 N–H and O–H groups in total. The first kappa shape index (κ1) is 19.9. The Balaban J connectivity index is 1.62. The quantitative estimate of drug-likeness (QED) is 0.734. The van der Waals surface area contributed by atoms with Crippen molar-refractivity contribution in [2.45, 2.75) is 19.4 Å². The first-order chi connectivity index (χ1) is 12.9. The van der Waals surface area contributed by atoms with Gasteiger partial charge in [-0.05, 0) is 43.3 Å². The highest BCUT2D eigenvalue weighted by Gasteiger charge is 2.29. The van der Waals surface area contributed by atoms with Gasteiger partial charge in [0.2, 0.25) is 5.91 Å². The maximum atomic E-state index is 12.7. The number of nitrogens with zero attached hydrogens (tertiary/aromatic N) is 3. The molecular formula is C17H19Cl2N5O2S. The summed E-state index contributed by atoms with van der Waals surface area (Å²) < 4.78 is 2.20. The van der Waals surface area contributed by atoms with Gasteiger partial charge in [0.25, 0.3) is 5.91 Å². The average Bonchev–Trinajstić information content (AvgIpc) is 2.99. The lowest BCUT2D eigenvalue weighted by Gasteiger charge is -2.32. The number of rotatable bonds is 4. The van der Waals surface area contributed by atoms with E-state index >= 15 is 0 Å². The van der Waals surface area contributed by atoms with Gasteiger partial charge in [0.15, 0.2) is 10.6 Å². The van der Waals surface area contributed by atoms with Crippen LogP contribution in [0.4, 0.5) is 0 Å². The highest BCUT2D eigenvalue weighted by atomic mass is 35.5. The minimum atomic E-state index is -0.266. The number of hydrogen-bond donors (Lipinski definition) is 2. The van der Waals surface area contributed by atoms with Gasteiger partial charge in [0, 0.05) is 25.7 Å². The average molecular weight is 428 g/mol. The molecule has 0 bridgehead atoms. The van der Waals surface area contributed by atoms with E-state index in [4.69, 9.17) is 35.4 Å². The smallest absolute Gasteiger partial charge is 0.253 e. The molecule has 1 atom stereocenters. The molecule has 0 aliphatic carbocycles. The molecule has 1 fully saturated rings. The molecule has 1 aromatic heterocycles. The number of carbonyl (C=O) groups excluding carboxylic acids is 2. The molecular weight excluding hydrogens is 409 g/mol. The third-order valence-corrected chi connectivity index (χ3v) is 5.74. The predicted molar refractivity (Wildman–Crippen MR) is 105 cm³/mol. The second kappa shape index (κ2) is 8.41. The third kappa shape index (κ3) is 4.51. The Bertz CT molecular complexity index is 926. The number of H-pyrrole nitrogens is 1. The zero-order valence-electron chi connectivity index (χ0n) is 14.7. The van der Waals surface area contributed by atoms with Crippen LogP contribution in [0.25, 0.3) is 0 Å². The van der Waals surface area contributed by atoms with Gasteiger partial charge in [-0.15, -0.1) is 0 Å². The summed E-state index contributed by atoms with van der Waals surface area (Å²) in [6, 6.07) is 4.80. The van der Waals surface area contributed by atoms with Gasteiger partial charge in [-0.2, -0.15) is 5.10 Å². The van der Waals surface area contributed by atoms with Crippen molar-refractivity contribution in [3.05, 3.63) is 44.4 Å². The zero-order valence-corrected chi connectivity index (χ0v) is 17.0. The van der Waals surface area contributed by atoms with Gasteiger partial charge in [-0.25, -0.2) is 0 Å². The molecule has 0 saturated carbocycles. The number of nitrogens with one attached hydrogen (secondary N) is 2. The minimum Gasteiger partial charge on any atom is -0.348 e. The van der Waals surface area contributed by atoms with Gasteiger partial charge >= 0.3 is 0 Å². The number of halogens is 2. The molecule has 7 nitrogen and oxygen atoms in total. The standard InChI is InChI=1S/C17H19Cl2N5O2S/c1-23-14(21-22-17(23)27)8-20-15(25)11-3-2-6-24(9-11)16(26)10-4-5-12(18)13(19)7-10/h4-5,7,11H,2-3,6,8-9H2,1H3,(H,20,25)(H,22,27). The molecule has 1 saturated heterocycles. The molecule has 0 spiro atoms. The first-order valence-electron chi connectivity index (χ1n) is 8.49. The number of hydrogen-bond acceptors (Lipinski definition) is 4. The lowest BCUT2D eigenvalue weighted by Crippen LogP contribution is -2.45. The van der Waals surface area contributed by atoms with Crippen LogP contribution in [-0.4, -0.2) is 44.6 Å². The largest absolute Gasteiger partial charge is 0.348 e. The van der Waals surface area contributed by atoms with Crippen molar-refractivity contribution < 1.29 is 9.59 Å². The van der Waals surface area contributed by atoms with Crippen molar-refractivity contribution in [3.8, 4) is 0 Å². The molecule has 2 heterocycles. The van der Waals surface area contributed by atoms with E-state index in [2.05, 4.69) is 15.5 Å². The summed E-state index contributed by atoms with van der Waals surface area (Å²) in [6.07, 6.45) is 1.49. The number of likely N-dealkylation sites (tertiary alicyclic amines) is 1. The number of benzene rings is 1. The van der Waals surface area contributed by atoms with Crippen molar-refractivity contribution in [2.75, 3.05) is 13.1 Å². The van der Waals surface area contributed by atoms with Crippen LogP contribution in [0.5, 0.6) is 0 Å². The van der Waals surface area contributed by atoms with Crippen LogP contribution in [0.3, 0.4) is 0 Å². The van der Waals surface area contributed by atoms with Crippen molar-refractivity contribution in [1.29, 1.82) is 0 Å². The fourth-order valence-electron chi connectivity index (χ4n) is 3.04. The van der Waals surface area contributed by atoms with Crippen molar-refractivity contribution >= 4 is 47.2 Å². The Morgan fingerprint density at radius 2 is 2.15 bits per heavy atom. The summed E-state index contributed by atoms with van der Waals surface area (Å²) in [4.78, 5) is 26.9. The molecule has 27 heavy (non-hydrogen) atoms. The monoisotopic (exact) mass is 427 g/mol. The van der Waals surface area contributed by atoms with E-state index in [1.165, 1.54) is 0 Å². The normalized spacial score (nSPS) is 17.0. The molecule has 0 radical (unpaired) electrons. The van der Waals surface area contributed by atoms with Crippen LogP contribution < -0.4 is 5.32 Å². The van der Waals surface area contributed by atoms with Crippen molar-refractivity contribution in [1.82, 2.24) is 25.0 Å². The van der Waals surface area contributed by atoms with Crippen LogP contribution in [-0.2, 0) is 18.4 Å². The van der Waals surface area contributed by atoms with Crippen molar-refractivity contribution in [3.63, 3.8) is 0 Å². The molecule has 3 rings (SSSR count). The lowest BCUT2D eigenvalue weighted by atomic mass is 9.96. The highest BCUT2D eigenvalue weighted by Crippen LogP contribution is 2.25. The fraction of sp³-hybridized carbons (Fsp3) is 0.412. The number of carbonyl (C=O) groups is 2. The summed E-state index contributed by atoms with van der Waals surface area (Å²) in [5.41, 5.74) is 0.465. The summed E-state index contributed by atoms with van der Waals surface area (Å²) in [5, 5.41) is 10.4. The van der Waals surface area contributed by atoms with Crippen LogP contribution in [0.15, 0.2) is 18.2 Å². The van der Waals surface area contributed by atoms with E-state index in [0.717, 1.165) is 12.8 Å². The maximum absolute atomic E-state index is 12.7. The van der Waals surface area contributed by atoms with E-state index in [1.54, 1.807) is 34.7 Å². The lowest BCUT2D eigenvalue weighted by molar-refractivity contribution is -0.126. The Morgan fingerprint density at radius 1 is 1.37 bits per heavy atom. The number of amides is 2. The highest BCUT2D eigenvalue weighted by molar-refractivity contribution is 7.71. The number of aromatic nitrogens is 3. The Labute approximate surface area is 171 Å². The van der Waals surface area contributed by atoms with Gasteiger partial charge in [-0.3, -0.25) is 14.7 Å². The molecule has 144 valence electrons. The Morgan fingerprint density at radius 3 is 2.81 bits per heavy atom. The molecule has 1 aliphatic heterocycles. The van der Waals surface area contributed by atoms with Crippen LogP contribution >= 0.6 is 35.4 Å². The van der Waals surface area contributed by atoms with Gasteiger partial charge in [0.05, 0.1) is 22.5 Å². The van der Waals surface area contributed by atoms with E-state index in [0.29, 0.717) is 39.3 Å². The van der Waals surface area contributed by atoms with Gasteiger partial charge in [0.1, 0.15) is 0 Å². The summed E-state index contributed by atoms with van der Waals surface area (Å²) in [6.45, 7) is 1.25. The number of aromatic amines is 1. The molecule has 2 aromatic rings. The Kier molecular flexibility index (Phi) is 6.18. The van der Waals surface area contributed by atoms with E-state index in [1.807, 2.05) is 0 Å². The summed E-state index contributed by atoms with van der Waals surface area (Å²) >= 11 is 17.0. The predicted octanol–water partition coefficient (Wildman–Crippen LogP) is 2.95. The van der Waals surface area contributed by atoms with E-state index < -0.39 is 0 Å². The van der Waals surface area contributed by atoms with Crippen LogP contribution in [0.2, 0.25) is 10.0 Å². The van der Waals surface area contributed by atoms with Crippen molar-refractivity contribution in [2.24, 2.45) is 13.0 Å². The van der Waals surface area contributed by atoms with Crippen LogP contribution in [0, 0.1) is 10.7 Å². The van der Waals surface area contributed by atoms with E-state index in [-0.39, 0.29) is 24.3 Å². The topological polar surface area (TPSA) is 83.0 Å². The number of piperidine rings is 1. The van der Waals surface area contributed by atoms with Gasteiger partial charge < -0.3 is 14.8 Å². The summed E-state index contributed by atoms with van der Waals surface area (Å²) in [7, 11) is 1.78. The molecule has 10 heteroatoms. The third-order valence-electron chi connectivity index (χ3n) is 4.64.